The van der Waals surface area contributed by atoms with Crippen LogP contribution in [-0.2, 0) is 14.8 Å². The topological polar surface area (TPSA) is 98.5 Å². The minimum atomic E-state index is -4.14. The Hall–Kier alpha value is -1.22. The van der Waals surface area contributed by atoms with Crippen molar-refractivity contribution in [2.45, 2.75) is 24.8 Å². The highest BCUT2D eigenvalue weighted by Gasteiger charge is 2.20. The first-order chi connectivity index (χ1) is 9.66. The Balaban J connectivity index is 3.01. The van der Waals surface area contributed by atoms with E-state index in [0.29, 0.717) is 12.7 Å². The molecule has 1 aromatic carbocycles. The zero-order valence-electron chi connectivity index (χ0n) is 11.5. The standard InChI is InChI=1S/C12H16ClFN2O4S/c1-3-20-7(2)6-16-12(17)9-4-8(21(15,18)19)5-10(14)11(9)13/h4-5,7H,3,6H2,1-2H3,(H,16,17)(H2,15,18,19). The van der Waals surface area contributed by atoms with Gasteiger partial charge >= 0.3 is 0 Å². The molecule has 9 heteroatoms. The zero-order valence-corrected chi connectivity index (χ0v) is 13.1. The monoisotopic (exact) mass is 338 g/mol. The number of carbonyl (C=O) groups is 1. The highest BCUT2D eigenvalue weighted by molar-refractivity contribution is 7.89. The summed E-state index contributed by atoms with van der Waals surface area (Å²) in [6, 6.07) is 1.60. The summed E-state index contributed by atoms with van der Waals surface area (Å²) in [4.78, 5) is 11.4. The van der Waals surface area contributed by atoms with E-state index in [1.165, 1.54) is 0 Å². The molecular weight excluding hydrogens is 323 g/mol. The largest absolute Gasteiger partial charge is 0.377 e. The highest BCUT2D eigenvalue weighted by Crippen LogP contribution is 2.24. The first kappa shape index (κ1) is 17.8. The number of halogens is 2. The Morgan fingerprint density at radius 2 is 2.14 bits per heavy atom. The summed E-state index contributed by atoms with van der Waals surface area (Å²) in [7, 11) is -4.14. The fraction of sp³-hybridized carbons (Fsp3) is 0.417. The number of sulfonamides is 1. The molecule has 1 aromatic rings. The Kier molecular flexibility index (Phi) is 6.09. The number of primary sulfonamides is 1. The number of nitrogens with two attached hydrogens (primary N) is 1. The van der Waals surface area contributed by atoms with Crippen LogP contribution in [0.4, 0.5) is 4.39 Å². The van der Waals surface area contributed by atoms with Crippen molar-refractivity contribution in [1.82, 2.24) is 5.32 Å². The normalized spacial score (nSPS) is 13.0. The second kappa shape index (κ2) is 7.17. The van der Waals surface area contributed by atoms with Gasteiger partial charge in [0.05, 0.1) is 21.6 Å². The van der Waals surface area contributed by atoms with Crippen molar-refractivity contribution < 1.29 is 22.3 Å². The van der Waals surface area contributed by atoms with Crippen LogP contribution in [0.25, 0.3) is 0 Å². The molecule has 0 radical (unpaired) electrons. The van der Waals surface area contributed by atoms with Crippen LogP contribution in [0.15, 0.2) is 17.0 Å². The summed E-state index contributed by atoms with van der Waals surface area (Å²) < 4.78 is 41.3. The van der Waals surface area contributed by atoms with Gasteiger partial charge in [-0.05, 0) is 26.0 Å². The van der Waals surface area contributed by atoms with Gasteiger partial charge in [-0.25, -0.2) is 17.9 Å². The molecule has 118 valence electrons. The molecule has 21 heavy (non-hydrogen) atoms. The molecule has 1 unspecified atom stereocenters. The fourth-order valence-corrected chi connectivity index (χ4v) is 2.31. The lowest BCUT2D eigenvalue weighted by Crippen LogP contribution is -2.32. The second-order valence-electron chi connectivity index (χ2n) is 4.29. The number of amides is 1. The van der Waals surface area contributed by atoms with Crippen molar-refractivity contribution in [3.8, 4) is 0 Å². The van der Waals surface area contributed by atoms with Crippen LogP contribution >= 0.6 is 11.6 Å². The van der Waals surface area contributed by atoms with E-state index in [0.717, 1.165) is 6.07 Å². The highest BCUT2D eigenvalue weighted by atomic mass is 35.5. The van der Waals surface area contributed by atoms with E-state index in [-0.39, 0.29) is 18.2 Å². The van der Waals surface area contributed by atoms with Crippen LogP contribution in [0.2, 0.25) is 5.02 Å². The van der Waals surface area contributed by atoms with Gasteiger partial charge in [-0.15, -0.1) is 0 Å². The van der Waals surface area contributed by atoms with E-state index in [2.05, 4.69) is 5.32 Å². The Morgan fingerprint density at radius 1 is 1.52 bits per heavy atom. The molecule has 1 amide bonds. The fourth-order valence-electron chi connectivity index (χ4n) is 1.57. The molecule has 0 aromatic heterocycles. The van der Waals surface area contributed by atoms with Gasteiger partial charge in [0.1, 0.15) is 5.82 Å². The van der Waals surface area contributed by atoms with Gasteiger partial charge in [0, 0.05) is 13.2 Å². The molecule has 1 rings (SSSR count). The molecule has 0 aliphatic carbocycles. The van der Waals surface area contributed by atoms with E-state index in [1.807, 2.05) is 0 Å². The van der Waals surface area contributed by atoms with Crippen molar-refractivity contribution in [2.75, 3.05) is 13.2 Å². The van der Waals surface area contributed by atoms with E-state index in [9.17, 15) is 17.6 Å². The number of nitrogens with one attached hydrogen (secondary N) is 1. The average molecular weight is 339 g/mol. The van der Waals surface area contributed by atoms with E-state index in [4.69, 9.17) is 21.5 Å². The van der Waals surface area contributed by atoms with E-state index < -0.39 is 31.7 Å². The third-order valence-corrected chi connectivity index (χ3v) is 3.85. The molecule has 6 nitrogen and oxygen atoms in total. The maximum absolute atomic E-state index is 13.6. The Bertz CT molecular complexity index is 636. The summed E-state index contributed by atoms with van der Waals surface area (Å²) in [5.74, 6) is -1.75. The molecule has 0 saturated heterocycles. The molecular formula is C12H16ClFN2O4S. The van der Waals surface area contributed by atoms with Crippen molar-refractivity contribution in [1.29, 1.82) is 0 Å². The quantitative estimate of drug-likeness (QED) is 0.816. The summed E-state index contributed by atoms with van der Waals surface area (Å²) in [5.41, 5.74) is -0.301. The lowest BCUT2D eigenvalue weighted by atomic mass is 10.2. The number of ether oxygens (including phenoxy) is 1. The van der Waals surface area contributed by atoms with Gasteiger partial charge in [-0.1, -0.05) is 11.6 Å². The number of benzene rings is 1. The van der Waals surface area contributed by atoms with Crippen LogP contribution in [0.3, 0.4) is 0 Å². The third kappa shape index (κ3) is 4.92. The minimum absolute atomic E-state index is 0.171. The van der Waals surface area contributed by atoms with Crippen LogP contribution in [-0.4, -0.2) is 33.6 Å². The van der Waals surface area contributed by atoms with Crippen LogP contribution < -0.4 is 10.5 Å². The molecule has 3 N–H and O–H groups in total. The lowest BCUT2D eigenvalue weighted by Gasteiger charge is -2.13. The smallest absolute Gasteiger partial charge is 0.253 e. The molecule has 0 saturated carbocycles. The number of hydrogen-bond donors (Lipinski definition) is 2. The minimum Gasteiger partial charge on any atom is -0.377 e. The third-order valence-electron chi connectivity index (χ3n) is 2.58. The number of carbonyl (C=O) groups excluding carboxylic acids is 1. The predicted octanol–water partition coefficient (Wildman–Crippen LogP) is 1.28. The molecule has 0 fully saturated rings. The van der Waals surface area contributed by atoms with Gasteiger partial charge in [0.15, 0.2) is 0 Å². The van der Waals surface area contributed by atoms with Gasteiger partial charge in [-0.2, -0.15) is 0 Å². The second-order valence-corrected chi connectivity index (χ2v) is 6.23. The molecule has 0 aliphatic heterocycles. The summed E-state index contributed by atoms with van der Waals surface area (Å²) in [5, 5.41) is 6.93. The summed E-state index contributed by atoms with van der Waals surface area (Å²) in [6.07, 6.45) is -0.246. The maximum atomic E-state index is 13.6. The van der Waals surface area contributed by atoms with Crippen molar-refractivity contribution in [2.24, 2.45) is 5.14 Å². The molecule has 0 heterocycles. The summed E-state index contributed by atoms with van der Waals surface area (Å²) in [6.45, 7) is 4.20. The van der Waals surface area contributed by atoms with Gasteiger partial charge in [-0.3, -0.25) is 4.79 Å². The van der Waals surface area contributed by atoms with Crippen LogP contribution in [0.1, 0.15) is 24.2 Å². The van der Waals surface area contributed by atoms with E-state index >= 15 is 0 Å². The number of hydrogen-bond acceptors (Lipinski definition) is 4. The van der Waals surface area contributed by atoms with E-state index in [1.54, 1.807) is 13.8 Å². The van der Waals surface area contributed by atoms with Crippen LogP contribution in [0, 0.1) is 5.82 Å². The first-order valence-corrected chi connectivity index (χ1v) is 8.00. The molecule has 0 aliphatic rings. The molecule has 1 atom stereocenters. The lowest BCUT2D eigenvalue weighted by molar-refractivity contribution is 0.0695. The van der Waals surface area contributed by atoms with Crippen molar-refractivity contribution in [3.05, 3.63) is 28.5 Å². The zero-order chi connectivity index (χ0) is 16.2. The Morgan fingerprint density at radius 3 is 2.67 bits per heavy atom. The SMILES string of the molecule is CCOC(C)CNC(=O)c1cc(S(N)(=O)=O)cc(F)c1Cl. The summed E-state index contributed by atoms with van der Waals surface area (Å²) >= 11 is 5.68. The van der Waals surface area contributed by atoms with Gasteiger partial charge in [0.25, 0.3) is 5.91 Å². The maximum Gasteiger partial charge on any atom is 0.253 e. The average Bonchev–Trinajstić information content (AvgIpc) is 2.38. The van der Waals surface area contributed by atoms with Crippen molar-refractivity contribution >= 4 is 27.5 Å². The van der Waals surface area contributed by atoms with Crippen LogP contribution in [0.5, 0.6) is 0 Å². The van der Waals surface area contributed by atoms with Gasteiger partial charge in [0.2, 0.25) is 10.0 Å². The number of rotatable bonds is 6. The van der Waals surface area contributed by atoms with Crippen molar-refractivity contribution in [3.63, 3.8) is 0 Å². The predicted molar refractivity (Wildman–Crippen MR) is 76.2 cm³/mol. The molecule has 0 bridgehead atoms. The Labute approximate surface area is 127 Å². The first-order valence-electron chi connectivity index (χ1n) is 6.08. The molecule has 0 spiro atoms. The van der Waals surface area contributed by atoms with Gasteiger partial charge < -0.3 is 10.1 Å².